The third-order valence-corrected chi connectivity index (χ3v) is 12.2. The number of ether oxygens (including phenoxy) is 4. The van der Waals surface area contributed by atoms with Crippen molar-refractivity contribution in [3.8, 4) is 16.9 Å². The molecule has 3 aliphatic rings. The minimum Gasteiger partial charge on any atom is -0.507 e. The van der Waals surface area contributed by atoms with Crippen LogP contribution in [0.1, 0.15) is 46.9 Å². The molecule has 6 amide bonds. The Kier molecular flexibility index (Phi) is 17.4. The van der Waals surface area contributed by atoms with Crippen LogP contribution >= 0.6 is 11.6 Å². The predicted octanol–water partition coefficient (Wildman–Crippen LogP) is 3.44. The predicted molar refractivity (Wildman–Crippen MR) is 252 cm³/mol. The number of piperidine rings is 1. The van der Waals surface area contributed by atoms with Crippen molar-refractivity contribution >= 4 is 75.4 Å². The molecular weight excluding hydrogens is 940 g/mol. The van der Waals surface area contributed by atoms with E-state index in [0.717, 1.165) is 11.0 Å². The molecule has 4 heterocycles. The van der Waals surface area contributed by atoms with E-state index in [9.17, 15) is 38.3 Å². The first kappa shape index (κ1) is 51.3. The first-order valence-electron chi connectivity index (χ1n) is 22.8. The first-order valence-corrected chi connectivity index (χ1v) is 23.2. The lowest BCUT2D eigenvalue weighted by atomic mass is 10.0. The van der Waals surface area contributed by atoms with Gasteiger partial charge in [0.25, 0.3) is 11.8 Å². The van der Waals surface area contributed by atoms with Crippen molar-refractivity contribution in [1.82, 2.24) is 30.0 Å². The Hall–Kier alpha value is -6.59. The van der Waals surface area contributed by atoms with Gasteiger partial charge < -0.3 is 49.4 Å². The van der Waals surface area contributed by atoms with Crippen molar-refractivity contribution in [1.29, 1.82) is 0 Å². The van der Waals surface area contributed by atoms with E-state index < -0.39 is 52.6 Å². The van der Waals surface area contributed by atoms with Crippen LogP contribution < -0.4 is 20.9 Å². The van der Waals surface area contributed by atoms with E-state index in [4.69, 9.17) is 30.5 Å². The molecule has 23 heteroatoms. The molecule has 3 aliphatic heterocycles. The number of carbonyl (C=O) groups excluding carboxylic acids is 6. The summed E-state index contributed by atoms with van der Waals surface area (Å²) < 4.78 is 53.7. The lowest BCUT2D eigenvalue weighted by Gasteiger charge is -2.35. The van der Waals surface area contributed by atoms with Crippen LogP contribution in [0.25, 0.3) is 22.0 Å². The van der Waals surface area contributed by atoms with E-state index in [1.807, 2.05) is 4.90 Å². The van der Waals surface area contributed by atoms with Gasteiger partial charge in [0.1, 0.15) is 28.9 Å². The molecule has 20 nitrogen and oxygen atoms in total. The van der Waals surface area contributed by atoms with Gasteiger partial charge in [-0.2, -0.15) is 4.98 Å². The zero-order valence-corrected chi connectivity index (χ0v) is 39.4. The Morgan fingerprint density at radius 2 is 1.51 bits per heavy atom. The van der Waals surface area contributed by atoms with Gasteiger partial charge in [0, 0.05) is 89.3 Å². The molecule has 0 saturated carbocycles. The average molecular weight is 994 g/mol. The topological polar surface area (TPSA) is 234 Å². The van der Waals surface area contributed by atoms with Crippen LogP contribution in [0.3, 0.4) is 0 Å². The largest absolute Gasteiger partial charge is 0.507 e. The van der Waals surface area contributed by atoms with Crippen molar-refractivity contribution in [2.24, 2.45) is 0 Å². The van der Waals surface area contributed by atoms with Gasteiger partial charge in [-0.15, -0.1) is 0 Å². The van der Waals surface area contributed by atoms with E-state index in [2.05, 4.69) is 25.9 Å². The normalized spacial score (nSPS) is 16.0. The van der Waals surface area contributed by atoms with Gasteiger partial charge >= 0.3 is 0 Å². The molecule has 7 rings (SSSR count). The van der Waals surface area contributed by atoms with Crippen LogP contribution in [-0.2, 0) is 38.1 Å². The summed E-state index contributed by atoms with van der Waals surface area (Å²) in [6.45, 7) is 6.27. The summed E-state index contributed by atoms with van der Waals surface area (Å²) in [5.41, 5.74) is -0.133. The molecule has 70 heavy (non-hydrogen) atoms. The summed E-state index contributed by atoms with van der Waals surface area (Å²) in [5.74, 6) is -4.53. The highest BCUT2D eigenvalue weighted by Crippen LogP contribution is 2.43. The van der Waals surface area contributed by atoms with Gasteiger partial charge in [-0.25, -0.2) is 13.8 Å². The fourth-order valence-electron chi connectivity index (χ4n) is 8.20. The number of imide groups is 2. The molecule has 3 aromatic carbocycles. The Bertz CT molecular complexity index is 2600. The zero-order valence-electron chi connectivity index (χ0n) is 38.7. The summed E-state index contributed by atoms with van der Waals surface area (Å²) in [7, 11) is 1.64. The number of piperazine rings is 1. The molecule has 2 saturated heterocycles. The lowest BCUT2D eigenvalue weighted by molar-refractivity contribution is -0.136. The van der Waals surface area contributed by atoms with Crippen molar-refractivity contribution in [2.45, 2.75) is 32.2 Å². The number of amides is 6. The number of fused-ring (bicyclic) bond motifs is 2. The second-order valence-corrected chi connectivity index (χ2v) is 16.9. The molecule has 0 aliphatic carbocycles. The summed E-state index contributed by atoms with van der Waals surface area (Å²) in [4.78, 5) is 90.2. The van der Waals surface area contributed by atoms with Gasteiger partial charge in [-0.1, -0.05) is 23.7 Å². The summed E-state index contributed by atoms with van der Waals surface area (Å²) in [5, 5.41) is 18.9. The number of hydrogen-bond donors (Lipinski definition) is 4. The van der Waals surface area contributed by atoms with Gasteiger partial charge in [0.05, 0.1) is 74.6 Å². The Balaban J connectivity index is 0.768. The minimum atomic E-state index is -1.04. The number of phenolic OH excluding ortho intramolecular Hbond substituents is 1. The fourth-order valence-corrected chi connectivity index (χ4v) is 8.49. The molecule has 374 valence electrons. The third-order valence-electron chi connectivity index (χ3n) is 11.9. The number of rotatable bonds is 23. The zero-order chi connectivity index (χ0) is 49.9. The molecule has 1 atom stereocenters. The number of anilines is 3. The summed E-state index contributed by atoms with van der Waals surface area (Å²) in [6, 6.07) is 8.83. The molecule has 2 fully saturated rings. The van der Waals surface area contributed by atoms with E-state index in [1.54, 1.807) is 24.1 Å². The highest BCUT2D eigenvalue weighted by molar-refractivity contribution is 6.34. The maximum Gasteiger partial charge on any atom is 0.264 e. The number of benzene rings is 3. The Labute approximate surface area is 406 Å². The van der Waals surface area contributed by atoms with Crippen molar-refractivity contribution in [3.05, 3.63) is 70.2 Å². The maximum atomic E-state index is 16.4. The van der Waals surface area contributed by atoms with Crippen LogP contribution in [0.4, 0.5) is 26.2 Å². The number of hydrogen-bond acceptors (Lipinski definition) is 16. The molecular formula is C47H54ClF2N9O11. The second kappa shape index (κ2) is 23.8. The molecule has 4 aromatic rings. The number of aromatic hydroxyl groups is 1. The summed E-state index contributed by atoms with van der Waals surface area (Å²) >= 11 is 6.55. The van der Waals surface area contributed by atoms with Gasteiger partial charge in [-0.05, 0) is 36.8 Å². The quantitative estimate of drug-likeness (QED) is 0.0616. The Morgan fingerprint density at radius 3 is 2.19 bits per heavy atom. The molecule has 1 unspecified atom stereocenters. The number of aromatic nitrogens is 2. The molecule has 4 N–H and O–H groups in total. The smallest absolute Gasteiger partial charge is 0.264 e. The van der Waals surface area contributed by atoms with Gasteiger partial charge in [0.15, 0.2) is 5.82 Å². The average Bonchev–Trinajstić information content (AvgIpc) is 3.59. The van der Waals surface area contributed by atoms with Gasteiger partial charge in [0.2, 0.25) is 29.6 Å². The van der Waals surface area contributed by atoms with Crippen LogP contribution in [0, 0.1) is 11.6 Å². The van der Waals surface area contributed by atoms with E-state index >= 15 is 4.39 Å². The van der Waals surface area contributed by atoms with E-state index in [-0.39, 0.29) is 89.4 Å². The number of nitrogens with zero attached hydrogens (tertiary/aromatic N) is 6. The second-order valence-electron chi connectivity index (χ2n) is 16.5. The van der Waals surface area contributed by atoms with Crippen LogP contribution in [0.15, 0.2) is 42.5 Å². The maximum absolute atomic E-state index is 16.4. The first-order chi connectivity index (χ1) is 33.7. The molecule has 0 spiro atoms. The number of likely N-dealkylation sites (N-methyl/N-ethyl adjacent to an activating group) is 1. The molecule has 1 aromatic heterocycles. The van der Waals surface area contributed by atoms with E-state index in [1.165, 1.54) is 36.1 Å². The van der Waals surface area contributed by atoms with Crippen molar-refractivity contribution in [2.75, 3.05) is 121 Å². The summed E-state index contributed by atoms with van der Waals surface area (Å²) in [6.07, 6.45) is 0.158. The lowest BCUT2D eigenvalue weighted by Crippen LogP contribution is -2.54. The van der Waals surface area contributed by atoms with E-state index in [0.29, 0.717) is 90.4 Å². The molecule has 0 bridgehead atoms. The SMILES string of the molecule is CC(=O)N1CCN(c2nc(NCCC(=O)N(C)CCOCCOCCOCCOCCNc3cccc4c3C(=O)N(C3CCC(=O)NC3=O)C4=O)nc3c(F)c(-c4c(O)cccc4F)c(Cl)cc23)CC1. The van der Waals surface area contributed by atoms with Crippen LogP contribution in [0.5, 0.6) is 5.75 Å². The van der Waals surface area contributed by atoms with Crippen LogP contribution in [-0.4, -0.2) is 177 Å². The Morgan fingerprint density at radius 1 is 0.843 bits per heavy atom. The number of nitrogens with one attached hydrogen (secondary N) is 3. The number of carbonyl (C=O) groups is 6. The monoisotopic (exact) mass is 993 g/mol. The fraction of sp³-hybridized carbons (Fsp3) is 0.447. The standard InChI is InChI=1S/C47H54ClF2N9O11/c1-28(60)57-14-16-58(17-15-57)43-30-27-31(48)39(40-32(49)6-4-8-35(40)61)41(50)42(30)54-47(55-43)52-12-11-37(63)56(2)18-20-68-22-24-70-26-25-69-23-21-67-19-13-51-33-7-3-5-29-38(33)46(66)59(45(29)65)34-9-10-36(62)53-44(34)64/h3-8,27,34,51,61H,9-26H2,1-2H3,(H,52,54,55)(H,53,62,64). The number of phenols is 1. The van der Waals surface area contributed by atoms with Gasteiger partial charge in [-0.3, -0.25) is 39.0 Å². The van der Waals surface area contributed by atoms with Crippen molar-refractivity contribution in [3.63, 3.8) is 0 Å². The number of halogens is 3. The van der Waals surface area contributed by atoms with Crippen molar-refractivity contribution < 1.29 is 61.6 Å². The molecule has 0 radical (unpaired) electrons. The minimum absolute atomic E-state index is 0.0140. The highest BCUT2D eigenvalue weighted by Gasteiger charge is 2.45. The third kappa shape index (κ3) is 12.0. The van der Waals surface area contributed by atoms with Crippen LogP contribution in [0.2, 0.25) is 5.02 Å². The highest BCUT2D eigenvalue weighted by atomic mass is 35.5.